The van der Waals surface area contributed by atoms with Crippen LogP contribution in [0.1, 0.15) is 65.0 Å². The van der Waals surface area contributed by atoms with Crippen LogP contribution in [0.3, 0.4) is 0 Å². The molecule has 2 atom stereocenters. The Morgan fingerprint density at radius 2 is 1.66 bits per heavy atom. The summed E-state index contributed by atoms with van der Waals surface area (Å²) in [6.45, 7) is 5.63. The molecular formula is C34H40F3N3O4. The zero-order valence-corrected chi connectivity index (χ0v) is 25.1. The maximum absolute atomic E-state index is 13.4. The van der Waals surface area contributed by atoms with Crippen molar-refractivity contribution in [1.29, 1.82) is 0 Å². The van der Waals surface area contributed by atoms with Crippen molar-refractivity contribution in [2.24, 2.45) is 5.41 Å². The summed E-state index contributed by atoms with van der Waals surface area (Å²) in [5.41, 5.74) is 2.31. The third-order valence-corrected chi connectivity index (χ3v) is 8.07. The van der Waals surface area contributed by atoms with Gasteiger partial charge in [-0.1, -0.05) is 61.9 Å². The Morgan fingerprint density at radius 1 is 0.977 bits per heavy atom. The zero-order valence-electron chi connectivity index (χ0n) is 25.1. The van der Waals surface area contributed by atoms with E-state index in [2.05, 4.69) is 22.3 Å². The van der Waals surface area contributed by atoms with E-state index in [0.29, 0.717) is 36.2 Å². The molecule has 7 nitrogen and oxygen atoms in total. The van der Waals surface area contributed by atoms with Gasteiger partial charge in [-0.2, -0.15) is 0 Å². The Balaban J connectivity index is 1.42. The number of ether oxygens (including phenoxy) is 1. The number of halogens is 3. The first kappa shape index (κ1) is 33.0. The lowest BCUT2D eigenvalue weighted by Crippen LogP contribution is -2.48. The standard InChI is InChI=1S/C34H40F3N3O4/c1-3-40(23-33(2)16-9-17-33)32(43)27-14-8-13-26(20-27)31(42)39-29(19-24-10-5-4-6-11-24)30(41)22-38-21-25-12-7-15-28(18-25)44-34(35,36)37/h4-8,10-15,18,20,29-30,38,41H,3,9,16-17,19,21-23H2,1-2H3,(H,39,42). The van der Waals surface area contributed by atoms with E-state index in [4.69, 9.17) is 0 Å². The molecule has 0 saturated heterocycles. The van der Waals surface area contributed by atoms with Crippen molar-refractivity contribution < 1.29 is 32.6 Å². The molecule has 0 aromatic heterocycles. The van der Waals surface area contributed by atoms with Crippen LogP contribution in [-0.2, 0) is 13.0 Å². The molecule has 0 aliphatic heterocycles. The number of carbonyl (C=O) groups is 2. The lowest BCUT2D eigenvalue weighted by atomic mass is 9.70. The lowest BCUT2D eigenvalue weighted by Gasteiger charge is -2.42. The zero-order chi connectivity index (χ0) is 31.7. The predicted octanol–water partition coefficient (Wildman–Crippen LogP) is 5.73. The number of carbonyl (C=O) groups excluding carboxylic acids is 2. The molecule has 2 amide bonds. The highest BCUT2D eigenvalue weighted by atomic mass is 19.4. The van der Waals surface area contributed by atoms with Gasteiger partial charge in [-0.05, 0) is 73.1 Å². The minimum atomic E-state index is -4.79. The Bertz CT molecular complexity index is 1400. The second kappa shape index (κ2) is 14.7. The summed E-state index contributed by atoms with van der Waals surface area (Å²) in [6.07, 6.45) is -2.12. The Kier molecular flexibility index (Phi) is 11.0. The third-order valence-electron chi connectivity index (χ3n) is 8.07. The third kappa shape index (κ3) is 9.56. The van der Waals surface area contributed by atoms with Crippen LogP contribution in [0.25, 0.3) is 0 Å². The molecule has 44 heavy (non-hydrogen) atoms. The molecule has 0 spiro atoms. The quantitative estimate of drug-likeness (QED) is 0.217. The SMILES string of the molecule is CCN(CC1(C)CCC1)C(=O)c1cccc(C(=O)NC(Cc2ccccc2)C(O)CNCc2cccc(OC(F)(F)F)c2)c1. The van der Waals surface area contributed by atoms with Crippen LogP contribution in [0.5, 0.6) is 5.75 Å². The topological polar surface area (TPSA) is 90.9 Å². The highest BCUT2D eigenvalue weighted by Crippen LogP contribution is 2.41. The first-order chi connectivity index (χ1) is 20.9. The van der Waals surface area contributed by atoms with Gasteiger partial charge in [-0.25, -0.2) is 0 Å². The maximum Gasteiger partial charge on any atom is 0.573 e. The van der Waals surface area contributed by atoms with Gasteiger partial charge in [0.15, 0.2) is 0 Å². The Labute approximate surface area is 256 Å². The summed E-state index contributed by atoms with van der Waals surface area (Å²) in [6, 6.07) is 20.9. The van der Waals surface area contributed by atoms with Crippen molar-refractivity contribution >= 4 is 11.8 Å². The van der Waals surface area contributed by atoms with Crippen molar-refractivity contribution in [2.45, 2.75) is 64.6 Å². The van der Waals surface area contributed by atoms with E-state index in [-0.39, 0.29) is 30.2 Å². The van der Waals surface area contributed by atoms with E-state index >= 15 is 0 Å². The summed E-state index contributed by atoms with van der Waals surface area (Å²) in [7, 11) is 0. The molecular weight excluding hydrogens is 571 g/mol. The largest absolute Gasteiger partial charge is 0.573 e. The summed E-state index contributed by atoms with van der Waals surface area (Å²) in [5.74, 6) is -0.873. The summed E-state index contributed by atoms with van der Waals surface area (Å²) < 4.78 is 41.8. The van der Waals surface area contributed by atoms with Crippen molar-refractivity contribution in [3.8, 4) is 5.75 Å². The molecule has 10 heteroatoms. The molecule has 236 valence electrons. The highest BCUT2D eigenvalue weighted by Gasteiger charge is 2.35. The first-order valence-electron chi connectivity index (χ1n) is 14.9. The van der Waals surface area contributed by atoms with Gasteiger partial charge >= 0.3 is 6.36 Å². The first-order valence-corrected chi connectivity index (χ1v) is 14.9. The molecule has 0 radical (unpaired) electrons. The number of aliphatic hydroxyl groups is 1. The minimum Gasteiger partial charge on any atom is -0.406 e. The molecule has 0 bridgehead atoms. The highest BCUT2D eigenvalue weighted by molar-refractivity contribution is 5.99. The molecule has 1 aliphatic rings. The van der Waals surface area contributed by atoms with Gasteiger partial charge in [0.1, 0.15) is 5.75 Å². The average Bonchev–Trinajstić information content (AvgIpc) is 2.98. The minimum absolute atomic E-state index is 0.0604. The second-order valence-corrected chi connectivity index (χ2v) is 11.7. The van der Waals surface area contributed by atoms with Gasteiger partial charge in [0.05, 0.1) is 12.1 Å². The van der Waals surface area contributed by atoms with Crippen LogP contribution < -0.4 is 15.4 Å². The molecule has 2 unspecified atom stereocenters. The fourth-order valence-corrected chi connectivity index (χ4v) is 5.46. The summed E-state index contributed by atoms with van der Waals surface area (Å²) >= 11 is 0. The van der Waals surface area contributed by atoms with Crippen molar-refractivity contribution in [3.63, 3.8) is 0 Å². The monoisotopic (exact) mass is 611 g/mol. The molecule has 1 fully saturated rings. The van der Waals surface area contributed by atoms with Crippen molar-refractivity contribution in [3.05, 3.63) is 101 Å². The number of nitrogens with zero attached hydrogens (tertiary/aromatic N) is 1. The number of aliphatic hydroxyl groups excluding tert-OH is 1. The van der Waals surface area contributed by atoms with E-state index < -0.39 is 24.4 Å². The van der Waals surface area contributed by atoms with Gasteiger partial charge < -0.3 is 25.4 Å². The molecule has 3 N–H and O–H groups in total. The van der Waals surface area contributed by atoms with Crippen LogP contribution in [-0.4, -0.2) is 60.0 Å². The summed E-state index contributed by atoms with van der Waals surface area (Å²) in [4.78, 5) is 28.6. The Hall–Kier alpha value is -3.89. The molecule has 3 aromatic rings. The fraction of sp³-hybridized carbons (Fsp3) is 0.412. The van der Waals surface area contributed by atoms with Crippen LogP contribution in [0.15, 0.2) is 78.9 Å². The molecule has 4 rings (SSSR count). The molecule has 3 aromatic carbocycles. The lowest BCUT2D eigenvalue weighted by molar-refractivity contribution is -0.274. The number of rotatable bonds is 14. The van der Waals surface area contributed by atoms with Crippen LogP contribution in [0.4, 0.5) is 13.2 Å². The summed E-state index contributed by atoms with van der Waals surface area (Å²) in [5, 5.41) is 17.1. The molecule has 0 heterocycles. The van der Waals surface area contributed by atoms with Gasteiger partial charge in [-0.3, -0.25) is 9.59 Å². The number of hydrogen-bond donors (Lipinski definition) is 3. The van der Waals surface area contributed by atoms with E-state index in [1.807, 2.05) is 42.2 Å². The normalized spacial score (nSPS) is 15.5. The van der Waals surface area contributed by atoms with Crippen molar-refractivity contribution in [2.75, 3.05) is 19.6 Å². The van der Waals surface area contributed by atoms with Crippen LogP contribution >= 0.6 is 0 Å². The number of nitrogens with one attached hydrogen (secondary N) is 2. The Morgan fingerprint density at radius 3 is 2.32 bits per heavy atom. The fourth-order valence-electron chi connectivity index (χ4n) is 5.46. The number of hydrogen-bond acceptors (Lipinski definition) is 5. The van der Waals surface area contributed by atoms with Gasteiger partial charge in [-0.15, -0.1) is 13.2 Å². The van der Waals surface area contributed by atoms with Crippen molar-refractivity contribution in [1.82, 2.24) is 15.5 Å². The van der Waals surface area contributed by atoms with E-state index in [0.717, 1.165) is 18.4 Å². The van der Waals surface area contributed by atoms with E-state index in [1.54, 1.807) is 30.3 Å². The number of amides is 2. The second-order valence-electron chi connectivity index (χ2n) is 11.7. The maximum atomic E-state index is 13.4. The van der Waals surface area contributed by atoms with E-state index in [9.17, 15) is 27.9 Å². The van der Waals surface area contributed by atoms with Gasteiger partial charge in [0.25, 0.3) is 11.8 Å². The van der Waals surface area contributed by atoms with E-state index in [1.165, 1.54) is 24.6 Å². The number of benzene rings is 3. The van der Waals surface area contributed by atoms with Gasteiger partial charge in [0, 0.05) is 37.3 Å². The average molecular weight is 612 g/mol. The predicted molar refractivity (Wildman–Crippen MR) is 162 cm³/mol. The van der Waals surface area contributed by atoms with Crippen LogP contribution in [0.2, 0.25) is 0 Å². The van der Waals surface area contributed by atoms with Gasteiger partial charge in [0.2, 0.25) is 0 Å². The molecule has 1 aliphatic carbocycles. The molecule has 1 saturated carbocycles. The number of alkyl halides is 3. The smallest absolute Gasteiger partial charge is 0.406 e. The van der Waals surface area contributed by atoms with Crippen LogP contribution in [0, 0.1) is 5.41 Å².